The summed E-state index contributed by atoms with van der Waals surface area (Å²) in [6, 6.07) is 13.2. The number of hydrogen-bond donors (Lipinski definition) is 1. The fourth-order valence-electron chi connectivity index (χ4n) is 2.68. The van der Waals surface area contributed by atoms with Crippen LogP contribution in [0.3, 0.4) is 0 Å². The van der Waals surface area contributed by atoms with Crippen LogP contribution in [0.2, 0.25) is 0 Å². The second kappa shape index (κ2) is 6.01. The van der Waals surface area contributed by atoms with Crippen molar-refractivity contribution in [1.29, 1.82) is 0 Å². The standard InChI is InChI=1S/C18H18N2O2S/c1-3-14(16-6-4-5-7-18(16)23(2,21)22)10-13-8-9-17-15(11-13)12-19-20-17/h4-12H,3H2,1-2H3,(H,19,20)/b14-10+. The van der Waals surface area contributed by atoms with Crippen molar-refractivity contribution in [3.63, 3.8) is 0 Å². The van der Waals surface area contributed by atoms with Gasteiger partial charge in [-0.05, 0) is 41.3 Å². The fourth-order valence-corrected chi connectivity index (χ4v) is 3.60. The smallest absolute Gasteiger partial charge is 0.176 e. The second-order valence-corrected chi connectivity index (χ2v) is 7.49. The molecule has 0 amide bonds. The van der Waals surface area contributed by atoms with E-state index in [9.17, 15) is 8.42 Å². The number of H-pyrrole nitrogens is 1. The third-order valence-electron chi connectivity index (χ3n) is 3.82. The van der Waals surface area contributed by atoms with Crippen molar-refractivity contribution >= 4 is 32.4 Å². The van der Waals surface area contributed by atoms with E-state index >= 15 is 0 Å². The van der Waals surface area contributed by atoms with E-state index in [2.05, 4.69) is 10.2 Å². The Hall–Kier alpha value is -2.40. The molecule has 0 saturated heterocycles. The lowest BCUT2D eigenvalue weighted by atomic mass is 10.00. The Labute approximate surface area is 135 Å². The van der Waals surface area contributed by atoms with Crippen LogP contribution in [0, 0.1) is 0 Å². The minimum Gasteiger partial charge on any atom is -0.278 e. The highest BCUT2D eigenvalue weighted by molar-refractivity contribution is 7.90. The number of nitrogens with zero attached hydrogens (tertiary/aromatic N) is 1. The van der Waals surface area contributed by atoms with E-state index in [1.165, 1.54) is 6.26 Å². The van der Waals surface area contributed by atoms with Crippen LogP contribution in [0.4, 0.5) is 0 Å². The van der Waals surface area contributed by atoms with Crippen LogP contribution in [0.1, 0.15) is 24.5 Å². The Bertz CT molecular complexity index is 985. The zero-order valence-corrected chi connectivity index (χ0v) is 13.9. The third kappa shape index (κ3) is 3.19. The Morgan fingerprint density at radius 1 is 1.22 bits per heavy atom. The van der Waals surface area contributed by atoms with Crippen molar-refractivity contribution in [2.45, 2.75) is 18.2 Å². The van der Waals surface area contributed by atoms with Crippen molar-refractivity contribution < 1.29 is 8.42 Å². The predicted molar refractivity (Wildman–Crippen MR) is 93.8 cm³/mol. The number of aromatic nitrogens is 2. The monoisotopic (exact) mass is 326 g/mol. The maximum Gasteiger partial charge on any atom is 0.176 e. The first-order valence-corrected chi connectivity index (χ1v) is 9.31. The first-order chi connectivity index (χ1) is 11.0. The van der Waals surface area contributed by atoms with Crippen molar-refractivity contribution in [2.75, 3.05) is 6.26 Å². The first-order valence-electron chi connectivity index (χ1n) is 7.42. The molecule has 1 aromatic heterocycles. The van der Waals surface area contributed by atoms with E-state index in [4.69, 9.17) is 0 Å². The van der Waals surface area contributed by atoms with Crippen LogP contribution in [0.15, 0.2) is 53.6 Å². The van der Waals surface area contributed by atoms with Crippen LogP contribution >= 0.6 is 0 Å². The Balaban J connectivity index is 2.13. The zero-order valence-electron chi connectivity index (χ0n) is 13.1. The number of rotatable bonds is 4. The van der Waals surface area contributed by atoms with Gasteiger partial charge in [-0.15, -0.1) is 0 Å². The molecule has 0 spiro atoms. The molecule has 1 heterocycles. The summed E-state index contributed by atoms with van der Waals surface area (Å²) >= 11 is 0. The number of benzene rings is 2. The highest BCUT2D eigenvalue weighted by Gasteiger charge is 2.14. The Kier molecular flexibility index (Phi) is 4.05. The van der Waals surface area contributed by atoms with Crippen LogP contribution in [-0.2, 0) is 9.84 Å². The summed E-state index contributed by atoms with van der Waals surface area (Å²) in [5.74, 6) is 0. The lowest BCUT2D eigenvalue weighted by Crippen LogP contribution is -2.01. The number of sulfone groups is 1. The van der Waals surface area contributed by atoms with E-state index in [0.29, 0.717) is 4.90 Å². The minimum atomic E-state index is -3.26. The van der Waals surface area contributed by atoms with Crippen molar-refractivity contribution in [2.24, 2.45) is 0 Å². The molecule has 118 valence electrons. The summed E-state index contributed by atoms with van der Waals surface area (Å²) in [6.45, 7) is 2.03. The molecular formula is C18H18N2O2S. The summed E-state index contributed by atoms with van der Waals surface area (Å²) in [5, 5.41) is 7.98. The highest BCUT2D eigenvalue weighted by Crippen LogP contribution is 2.28. The Morgan fingerprint density at radius 3 is 2.74 bits per heavy atom. The molecule has 0 unspecified atom stereocenters. The summed E-state index contributed by atoms with van der Waals surface area (Å²) < 4.78 is 24.1. The maximum absolute atomic E-state index is 12.0. The molecule has 0 bridgehead atoms. The highest BCUT2D eigenvalue weighted by atomic mass is 32.2. The maximum atomic E-state index is 12.0. The topological polar surface area (TPSA) is 62.8 Å². The summed E-state index contributed by atoms with van der Waals surface area (Å²) in [7, 11) is -3.26. The number of allylic oxidation sites excluding steroid dienone is 1. The average Bonchev–Trinajstić information content (AvgIpc) is 2.99. The largest absolute Gasteiger partial charge is 0.278 e. The average molecular weight is 326 g/mol. The van der Waals surface area contributed by atoms with Gasteiger partial charge in [0.2, 0.25) is 0 Å². The molecule has 0 aliphatic heterocycles. The van der Waals surface area contributed by atoms with Gasteiger partial charge in [0, 0.05) is 11.6 Å². The van der Waals surface area contributed by atoms with Crippen molar-refractivity contribution in [1.82, 2.24) is 10.2 Å². The molecule has 4 nitrogen and oxygen atoms in total. The van der Waals surface area contributed by atoms with Crippen molar-refractivity contribution in [3.8, 4) is 0 Å². The molecule has 0 aliphatic rings. The lowest BCUT2D eigenvalue weighted by molar-refractivity contribution is 0.601. The Morgan fingerprint density at radius 2 is 2.00 bits per heavy atom. The molecule has 3 aromatic rings. The minimum absolute atomic E-state index is 0.373. The normalized spacial score (nSPS) is 12.7. The van der Waals surface area contributed by atoms with E-state index < -0.39 is 9.84 Å². The van der Waals surface area contributed by atoms with Crippen LogP contribution in [0.25, 0.3) is 22.6 Å². The first kappa shape index (κ1) is 15.5. The van der Waals surface area contributed by atoms with Gasteiger partial charge in [-0.1, -0.05) is 37.3 Å². The molecule has 5 heteroatoms. The van der Waals surface area contributed by atoms with Gasteiger partial charge >= 0.3 is 0 Å². The van der Waals surface area contributed by atoms with E-state index in [1.807, 2.05) is 43.3 Å². The molecule has 0 radical (unpaired) electrons. The van der Waals surface area contributed by atoms with Gasteiger partial charge in [0.25, 0.3) is 0 Å². The number of nitrogens with one attached hydrogen (secondary N) is 1. The van der Waals surface area contributed by atoms with E-state index in [-0.39, 0.29) is 0 Å². The van der Waals surface area contributed by atoms with Gasteiger partial charge in [-0.2, -0.15) is 5.10 Å². The second-order valence-electron chi connectivity index (χ2n) is 5.51. The zero-order chi connectivity index (χ0) is 16.4. The van der Waals surface area contributed by atoms with Crippen LogP contribution in [0.5, 0.6) is 0 Å². The van der Waals surface area contributed by atoms with Gasteiger partial charge in [0.05, 0.1) is 16.6 Å². The van der Waals surface area contributed by atoms with Gasteiger partial charge in [0.15, 0.2) is 9.84 Å². The molecule has 1 N–H and O–H groups in total. The lowest BCUT2D eigenvalue weighted by Gasteiger charge is -2.11. The number of hydrogen-bond acceptors (Lipinski definition) is 3. The summed E-state index contributed by atoms with van der Waals surface area (Å²) in [4.78, 5) is 0.373. The summed E-state index contributed by atoms with van der Waals surface area (Å²) in [5.41, 5.74) is 3.77. The molecule has 0 atom stereocenters. The predicted octanol–water partition coefficient (Wildman–Crippen LogP) is 3.92. The molecule has 23 heavy (non-hydrogen) atoms. The number of aromatic amines is 1. The van der Waals surface area contributed by atoms with E-state index in [0.717, 1.165) is 34.0 Å². The third-order valence-corrected chi connectivity index (χ3v) is 4.97. The number of fused-ring (bicyclic) bond motifs is 1. The van der Waals surface area contributed by atoms with Gasteiger partial charge in [-0.3, -0.25) is 5.10 Å². The molecule has 3 rings (SSSR count). The van der Waals surface area contributed by atoms with Crippen LogP contribution < -0.4 is 0 Å². The van der Waals surface area contributed by atoms with Crippen LogP contribution in [-0.4, -0.2) is 24.9 Å². The van der Waals surface area contributed by atoms with Crippen molar-refractivity contribution in [3.05, 3.63) is 59.8 Å². The molecule has 2 aromatic carbocycles. The van der Waals surface area contributed by atoms with E-state index in [1.54, 1.807) is 18.3 Å². The molecule has 0 saturated carbocycles. The molecular weight excluding hydrogens is 308 g/mol. The van der Waals surface area contributed by atoms with Gasteiger partial charge in [-0.25, -0.2) is 8.42 Å². The summed E-state index contributed by atoms with van der Waals surface area (Å²) in [6.07, 6.45) is 5.81. The quantitative estimate of drug-likeness (QED) is 0.739. The SMILES string of the molecule is CC/C(=C\c1ccc2[nH]ncc2c1)c1ccccc1S(C)(=O)=O. The van der Waals surface area contributed by atoms with Gasteiger partial charge < -0.3 is 0 Å². The molecule has 0 fully saturated rings. The fraction of sp³-hybridized carbons (Fsp3) is 0.167. The molecule has 0 aliphatic carbocycles. The van der Waals surface area contributed by atoms with Gasteiger partial charge in [0.1, 0.15) is 0 Å².